The minimum Gasteiger partial charge on any atom is -0.507 e. The minimum absolute atomic E-state index is 0.0351. The Morgan fingerprint density at radius 2 is 1.89 bits per heavy atom. The Kier molecular flexibility index (Phi) is 4.42. The van der Waals surface area contributed by atoms with Crippen LogP contribution in [-0.4, -0.2) is 22.8 Å². The predicted octanol–water partition coefficient (Wildman–Crippen LogP) is 5.65. The van der Waals surface area contributed by atoms with Gasteiger partial charge in [-0.3, -0.25) is 0 Å². The van der Waals surface area contributed by atoms with Gasteiger partial charge in [0.05, 0.1) is 22.6 Å². The van der Waals surface area contributed by atoms with Crippen LogP contribution in [0.3, 0.4) is 0 Å². The van der Waals surface area contributed by atoms with E-state index in [0.717, 1.165) is 16.6 Å². The molecular formula is C21H19F3N2O. The molecule has 1 aliphatic rings. The molecule has 3 nitrogen and oxygen atoms in total. The van der Waals surface area contributed by atoms with Gasteiger partial charge in [-0.15, -0.1) is 0 Å². The Hall–Kier alpha value is -2.76. The second-order valence-corrected chi connectivity index (χ2v) is 6.96. The number of rotatable bonds is 3. The highest BCUT2D eigenvalue weighted by Gasteiger charge is 2.38. The molecule has 2 atom stereocenters. The molecule has 140 valence electrons. The van der Waals surface area contributed by atoms with E-state index in [2.05, 4.69) is 10.3 Å². The maximum Gasteiger partial charge on any atom is 0.395 e. The monoisotopic (exact) mass is 372 g/mol. The zero-order chi connectivity index (χ0) is 19.0. The van der Waals surface area contributed by atoms with Gasteiger partial charge in [-0.1, -0.05) is 30.4 Å². The number of para-hydroxylation sites is 1. The summed E-state index contributed by atoms with van der Waals surface area (Å²) in [6.45, 7) is 0.523. The van der Waals surface area contributed by atoms with Crippen molar-refractivity contribution in [2.45, 2.75) is 19.0 Å². The van der Waals surface area contributed by atoms with Crippen LogP contribution in [0.15, 0.2) is 54.6 Å². The van der Waals surface area contributed by atoms with Crippen LogP contribution in [0.1, 0.15) is 12.8 Å². The van der Waals surface area contributed by atoms with Gasteiger partial charge >= 0.3 is 6.18 Å². The molecule has 0 saturated carbocycles. The first-order valence-electron chi connectivity index (χ1n) is 8.92. The molecule has 2 aromatic carbocycles. The second kappa shape index (κ2) is 6.76. The van der Waals surface area contributed by atoms with E-state index in [1.165, 1.54) is 6.08 Å². The first-order chi connectivity index (χ1) is 12.9. The third kappa shape index (κ3) is 3.56. The number of fused-ring (bicyclic) bond motifs is 2. The van der Waals surface area contributed by atoms with Gasteiger partial charge in [0.1, 0.15) is 5.75 Å². The maximum absolute atomic E-state index is 12.8. The van der Waals surface area contributed by atoms with Crippen LogP contribution >= 0.6 is 0 Å². The van der Waals surface area contributed by atoms with Crippen LogP contribution in [0, 0.1) is 11.8 Å². The van der Waals surface area contributed by atoms with Crippen molar-refractivity contribution >= 4 is 27.5 Å². The van der Waals surface area contributed by atoms with Crippen molar-refractivity contribution in [1.82, 2.24) is 4.98 Å². The van der Waals surface area contributed by atoms with Crippen molar-refractivity contribution in [1.29, 1.82) is 0 Å². The average Bonchev–Trinajstić information content (AvgIpc) is 2.66. The van der Waals surface area contributed by atoms with Gasteiger partial charge in [0.2, 0.25) is 0 Å². The number of hydrogen-bond donors (Lipinski definition) is 2. The number of phenols is 1. The summed E-state index contributed by atoms with van der Waals surface area (Å²) < 4.78 is 38.3. The van der Waals surface area contributed by atoms with Crippen LogP contribution in [0.25, 0.3) is 21.8 Å². The molecule has 0 radical (unpaired) electrons. The largest absolute Gasteiger partial charge is 0.507 e. The van der Waals surface area contributed by atoms with E-state index in [0.29, 0.717) is 23.9 Å². The van der Waals surface area contributed by atoms with Crippen LogP contribution in [0.2, 0.25) is 0 Å². The summed E-state index contributed by atoms with van der Waals surface area (Å²) in [6.07, 6.45) is -0.630. The van der Waals surface area contributed by atoms with E-state index >= 15 is 0 Å². The number of anilines is 1. The lowest BCUT2D eigenvalue weighted by Gasteiger charge is -2.25. The molecule has 0 amide bonds. The highest BCUT2D eigenvalue weighted by atomic mass is 19.4. The third-order valence-corrected chi connectivity index (χ3v) is 5.10. The maximum atomic E-state index is 12.8. The Morgan fingerprint density at radius 3 is 2.63 bits per heavy atom. The fourth-order valence-corrected chi connectivity index (χ4v) is 3.55. The second-order valence-electron chi connectivity index (χ2n) is 6.96. The summed E-state index contributed by atoms with van der Waals surface area (Å²) in [6, 6.07) is 12.9. The lowest BCUT2D eigenvalue weighted by Crippen LogP contribution is -2.26. The molecule has 1 heterocycles. The molecule has 0 aliphatic heterocycles. The molecule has 0 saturated heterocycles. The first-order valence-corrected chi connectivity index (χ1v) is 8.92. The third-order valence-electron chi connectivity index (χ3n) is 5.10. The number of alkyl halides is 3. The van der Waals surface area contributed by atoms with Gasteiger partial charge in [0.15, 0.2) is 0 Å². The predicted molar refractivity (Wildman–Crippen MR) is 101 cm³/mol. The number of aromatic hydroxyl groups is 1. The number of nitrogens with zero attached hydrogens (tertiary/aromatic N) is 1. The van der Waals surface area contributed by atoms with Gasteiger partial charge < -0.3 is 10.4 Å². The van der Waals surface area contributed by atoms with Gasteiger partial charge in [0.25, 0.3) is 0 Å². The summed E-state index contributed by atoms with van der Waals surface area (Å²) in [5.41, 5.74) is 2.24. The molecule has 27 heavy (non-hydrogen) atoms. The molecule has 2 N–H and O–H groups in total. The van der Waals surface area contributed by atoms with Crippen molar-refractivity contribution in [3.8, 4) is 5.75 Å². The number of phenolic OH excluding ortho intramolecular Hbond substituents is 1. The SMILES string of the molecule is Oc1ccc(NCC2C=CC(C(F)(F)F)CC2)c2nc3ccccc3cc12. The van der Waals surface area contributed by atoms with Gasteiger partial charge in [-0.25, -0.2) is 4.98 Å². The summed E-state index contributed by atoms with van der Waals surface area (Å²) in [5, 5.41) is 15.1. The Morgan fingerprint density at radius 1 is 1.07 bits per heavy atom. The number of halogens is 3. The number of hydrogen-bond acceptors (Lipinski definition) is 3. The van der Waals surface area contributed by atoms with Crippen LogP contribution < -0.4 is 5.32 Å². The van der Waals surface area contributed by atoms with Crippen LogP contribution in [0.4, 0.5) is 18.9 Å². The summed E-state index contributed by atoms with van der Waals surface area (Å²) in [7, 11) is 0. The normalized spacial score (nSPS) is 20.3. The zero-order valence-corrected chi connectivity index (χ0v) is 14.5. The topological polar surface area (TPSA) is 45.1 Å². The van der Waals surface area contributed by atoms with Gasteiger partial charge in [0, 0.05) is 17.3 Å². The molecule has 0 spiro atoms. The Bertz CT molecular complexity index is 1010. The molecule has 6 heteroatoms. The quantitative estimate of drug-likeness (QED) is 0.355. The van der Waals surface area contributed by atoms with Crippen molar-refractivity contribution in [2.24, 2.45) is 11.8 Å². The summed E-state index contributed by atoms with van der Waals surface area (Å²) >= 11 is 0. The summed E-state index contributed by atoms with van der Waals surface area (Å²) in [4.78, 5) is 4.66. The average molecular weight is 372 g/mol. The molecule has 4 rings (SSSR count). The number of benzene rings is 2. The standard InChI is InChI=1S/C21H19F3N2O/c22-21(23,24)15-7-5-13(6-8-15)12-25-18-9-10-19(27)16-11-14-3-1-2-4-17(14)26-20(16)18/h1-5,7,9-11,13,15,25,27H,6,8,12H2. The Balaban J connectivity index is 1.58. The van der Waals surface area contributed by atoms with Gasteiger partial charge in [-0.2, -0.15) is 13.2 Å². The lowest BCUT2D eigenvalue weighted by atomic mass is 9.88. The number of nitrogens with one attached hydrogen (secondary N) is 1. The molecule has 1 aromatic heterocycles. The van der Waals surface area contributed by atoms with E-state index in [4.69, 9.17) is 0 Å². The number of aromatic nitrogens is 1. The lowest BCUT2D eigenvalue weighted by molar-refractivity contribution is -0.164. The first kappa shape index (κ1) is 17.6. The molecule has 2 unspecified atom stereocenters. The molecule has 0 bridgehead atoms. The molecule has 3 aromatic rings. The fraction of sp³-hybridized carbons (Fsp3) is 0.286. The van der Waals surface area contributed by atoms with Crippen molar-refractivity contribution < 1.29 is 18.3 Å². The van der Waals surface area contributed by atoms with Crippen LogP contribution in [-0.2, 0) is 0 Å². The van der Waals surface area contributed by atoms with Crippen molar-refractivity contribution in [2.75, 3.05) is 11.9 Å². The van der Waals surface area contributed by atoms with E-state index in [1.54, 1.807) is 18.2 Å². The number of allylic oxidation sites excluding steroid dienone is 1. The summed E-state index contributed by atoms with van der Waals surface area (Å²) in [5.74, 6) is -1.15. The highest BCUT2D eigenvalue weighted by molar-refractivity contribution is 6.01. The molecule has 1 aliphatic carbocycles. The van der Waals surface area contributed by atoms with Gasteiger partial charge in [-0.05, 0) is 43.0 Å². The Labute approximate surface area is 154 Å². The van der Waals surface area contributed by atoms with E-state index in [-0.39, 0.29) is 18.1 Å². The zero-order valence-electron chi connectivity index (χ0n) is 14.5. The van der Waals surface area contributed by atoms with Crippen molar-refractivity contribution in [3.63, 3.8) is 0 Å². The van der Waals surface area contributed by atoms with Crippen LogP contribution in [0.5, 0.6) is 5.75 Å². The minimum atomic E-state index is -4.16. The van der Waals surface area contributed by atoms with E-state index in [9.17, 15) is 18.3 Å². The highest BCUT2D eigenvalue weighted by Crippen LogP contribution is 2.36. The van der Waals surface area contributed by atoms with Crippen molar-refractivity contribution in [3.05, 3.63) is 54.6 Å². The fourth-order valence-electron chi connectivity index (χ4n) is 3.55. The smallest absolute Gasteiger partial charge is 0.395 e. The van der Waals surface area contributed by atoms with E-state index in [1.807, 2.05) is 30.3 Å². The van der Waals surface area contributed by atoms with E-state index < -0.39 is 12.1 Å². The molecule has 0 fully saturated rings. The molecular weight excluding hydrogens is 353 g/mol. The number of pyridine rings is 1.